The maximum absolute atomic E-state index is 5.47. The van der Waals surface area contributed by atoms with Crippen molar-refractivity contribution < 1.29 is 4.74 Å². The molecule has 2 aliphatic rings. The van der Waals surface area contributed by atoms with Gasteiger partial charge in [-0.15, -0.1) is 0 Å². The van der Waals surface area contributed by atoms with Crippen LogP contribution < -0.4 is 5.32 Å². The quantitative estimate of drug-likeness (QED) is 0.794. The Kier molecular flexibility index (Phi) is 4.45. The number of nitrogens with zero attached hydrogens (tertiary/aromatic N) is 1. The van der Waals surface area contributed by atoms with Gasteiger partial charge in [-0.2, -0.15) is 0 Å². The van der Waals surface area contributed by atoms with Crippen molar-refractivity contribution in [2.45, 2.75) is 50.6 Å². The molecule has 0 spiro atoms. The Hall–Kier alpha value is -0.120. The van der Waals surface area contributed by atoms with Crippen LogP contribution in [-0.2, 0) is 4.74 Å². The maximum atomic E-state index is 5.47. The number of rotatable bonds is 5. The van der Waals surface area contributed by atoms with Crippen LogP contribution in [0.15, 0.2) is 0 Å². The van der Waals surface area contributed by atoms with E-state index in [1.165, 1.54) is 32.1 Å². The van der Waals surface area contributed by atoms with Crippen LogP contribution in [0.5, 0.6) is 0 Å². The molecule has 0 radical (unpaired) electrons. The van der Waals surface area contributed by atoms with Crippen molar-refractivity contribution >= 4 is 0 Å². The second-order valence-corrected chi connectivity index (χ2v) is 6.12. The summed E-state index contributed by atoms with van der Waals surface area (Å²) in [6.45, 7) is 5.36. The Bertz CT molecular complexity index is 230. The second kappa shape index (κ2) is 5.68. The molecular weight excluding hydrogens is 212 g/mol. The molecule has 17 heavy (non-hydrogen) atoms. The zero-order valence-electron chi connectivity index (χ0n) is 11.7. The molecule has 0 aromatic rings. The molecule has 1 saturated carbocycles. The largest absolute Gasteiger partial charge is 0.381 e. The van der Waals surface area contributed by atoms with Crippen molar-refractivity contribution in [2.75, 3.05) is 33.9 Å². The van der Waals surface area contributed by atoms with Gasteiger partial charge < -0.3 is 15.0 Å². The highest BCUT2D eigenvalue weighted by Gasteiger charge is 2.36. The molecule has 100 valence electrons. The third-order valence-electron chi connectivity index (χ3n) is 4.91. The molecule has 1 heterocycles. The van der Waals surface area contributed by atoms with Gasteiger partial charge in [-0.25, -0.2) is 0 Å². The molecule has 2 fully saturated rings. The number of ether oxygens (including phenoxy) is 1. The third-order valence-corrected chi connectivity index (χ3v) is 4.91. The first-order valence-electron chi connectivity index (χ1n) is 7.13. The van der Waals surface area contributed by atoms with E-state index >= 15 is 0 Å². The van der Waals surface area contributed by atoms with Gasteiger partial charge in [-0.05, 0) is 46.2 Å². The summed E-state index contributed by atoms with van der Waals surface area (Å²) in [5.41, 5.74) is 0.410. The molecule has 0 aromatic carbocycles. The Morgan fingerprint density at radius 3 is 2.59 bits per heavy atom. The Morgan fingerprint density at radius 2 is 2.06 bits per heavy atom. The zero-order valence-corrected chi connectivity index (χ0v) is 11.7. The van der Waals surface area contributed by atoms with Crippen LogP contribution in [0.2, 0.25) is 0 Å². The van der Waals surface area contributed by atoms with E-state index < -0.39 is 0 Å². The minimum atomic E-state index is 0.410. The summed E-state index contributed by atoms with van der Waals surface area (Å²) in [6.07, 6.45) is 6.70. The summed E-state index contributed by atoms with van der Waals surface area (Å²) in [4.78, 5) is 2.44. The van der Waals surface area contributed by atoms with Crippen molar-refractivity contribution in [3.63, 3.8) is 0 Å². The Morgan fingerprint density at radius 1 is 1.35 bits per heavy atom. The van der Waals surface area contributed by atoms with Gasteiger partial charge in [0, 0.05) is 24.7 Å². The number of likely N-dealkylation sites (N-methyl/N-ethyl adjacent to an activating group) is 1. The summed E-state index contributed by atoms with van der Waals surface area (Å²) in [5.74, 6) is 0.718. The predicted octanol–water partition coefficient (Wildman–Crippen LogP) is 1.88. The molecule has 1 aliphatic heterocycles. The Balaban J connectivity index is 1.82. The molecule has 3 heteroatoms. The van der Waals surface area contributed by atoms with Crippen molar-refractivity contribution in [3.05, 3.63) is 0 Å². The summed E-state index contributed by atoms with van der Waals surface area (Å²) in [7, 11) is 4.46. The van der Waals surface area contributed by atoms with Crippen molar-refractivity contribution in [3.8, 4) is 0 Å². The fourth-order valence-electron chi connectivity index (χ4n) is 3.28. The highest BCUT2D eigenvalue weighted by Crippen LogP contribution is 2.33. The van der Waals surface area contributed by atoms with Gasteiger partial charge in [0.15, 0.2) is 0 Å². The molecule has 1 saturated heterocycles. The van der Waals surface area contributed by atoms with Gasteiger partial charge >= 0.3 is 0 Å². The minimum Gasteiger partial charge on any atom is -0.381 e. The summed E-state index contributed by atoms with van der Waals surface area (Å²) < 4.78 is 5.47. The summed E-state index contributed by atoms with van der Waals surface area (Å²) >= 11 is 0. The average Bonchev–Trinajstić information content (AvgIpc) is 2.97. The van der Waals surface area contributed by atoms with Gasteiger partial charge in [0.05, 0.1) is 6.61 Å². The van der Waals surface area contributed by atoms with Crippen LogP contribution >= 0.6 is 0 Å². The SMILES string of the molecule is CC(NCC1(N(C)C)CCCC1)C1CCOC1. The van der Waals surface area contributed by atoms with Gasteiger partial charge in [0.25, 0.3) is 0 Å². The monoisotopic (exact) mass is 240 g/mol. The summed E-state index contributed by atoms with van der Waals surface area (Å²) in [5, 5.41) is 3.77. The lowest BCUT2D eigenvalue weighted by molar-refractivity contribution is 0.140. The van der Waals surface area contributed by atoms with E-state index in [0.717, 1.165) is 25.7 Å². The zero-order chi connectivity index (χ0) is 12.3. The van der Waals surface area contributed by atoms with Gasteiger partial charge in [-0.1, -0.05) is 12.8 Å². The normalized spacial score (nSPS) is 30.0. The van der Waals surface area contributed by atoms with Crippen LogP contribution in [0, 0.1) is 5.92 Å². The van der Waals surface area contributed by atoms with Crippen LogP contribution in [0.4, 0.5) is 0 Å². The molecule has 0 amide bonds. The lowest BCUT2D eigenvalue weighted by Gasteiger charge is -2.38. The van der Waals surface area contributed by atoms with Crippen LogP contribution in [0.1, 0.15) is 39.0 Å². The first-order chi connectivity index (χ1) is 8.14. The molecule has 1 aliphatic carbocycles. The van der Waals surface area contributed by atoms with Crippen molar-refractivity contribution in [2.24, 2.45) is 5.92 Å². The van der Waals surface area contributed by atoms with E-state index in [2.05, 4.69) is 31.2 Å². The smallest absolute Gasteiger partial charge is 0.0509 e. The minimum absolute atomic E-state index is 0.410. The molecule has 1 N–H and O–H groups in total. The van der Waals surface area contributed by atoms with E-state index in [0.29, 0.717) is 11.6 Å². The molecule has 3 nitrogen and oxygen atoms in total. The fourth-order valence-corrected chi connectivity index (χ4v) is 3.28. The van der Waals surface area contributed by atoms with E-state index in [-0.39, 0.29) is 0 Å². The molecule has 2 atom stereocenters. The predicted molar refractivity (Wildman–Crippen MR) is 71.3 cm³/mol. The van der Waals surface area contributed by atoms with Gasteiger partial charge in [-0.3, -0.25) is 0 Å². The number of hydrogen-bond acceptors (Lipinski definition) is 3. The lowest BCUT2D eigenvalue weighted by atomic mass is 9.94. The molecular formula is C14H28N2O. The van der Waals surface area contributed by atoms with E-state index in [1.54, 1.807) is 0 Å². The first kappa shape index (κ1) is 13.3. The fraction of sp³-hybridized carbons (Fsp3) is 1.00. The lowest BCUT2D eigenvalue weighted by Crippen LogP contribution is -2.52. The average molecular weight is 240 g/mol. The standard InChI is InChI=1S/C14H28N2O/c1-12(13-6-9-17-10-13)15-11-14(16(2)3)7-4-5-8-14/h12-13,15H,4-11H2,1-3H3. The van der Waals surface area contributed by atoms with Gasteiger partial charge in [0.1, 0.15) is 0 Å². The maximum Gasteiger partial charge on any atom is 0.0509 e. The van der Waals surface area contributed by atoms with Gasteiger partial charge in [0.2, 0.25) is 0 Å². The third kappa shape index (κ3) is 3.01. The number of hydrogen-bond donors (Lipinski definition) is 1. The number of nitrogens with one attached hydrogen (secondary N) is 1. The second-order valence-electron chi connectivity index (χ2n) is 6.12. The van der Waals surface area contributed by atoms with E-state index in [1.807, 2.05) is 0 Å². The molecule has 0 bridgehead atoms. The van der Waals surface area contributed by atoms with Crippen LogP contribution in [0.3, 0.4) is 0 Å². The van der Waals surface area contributed by atoms with E-state index in [9.17, 15) is 0 Å². The topological polar surface area (TPSA) is 24.5 Å². The first-order valence-corrected chi connectivity index (χ1v) is 7.13. The highest BCUT2D eigenvalue weighted by molar-refractivity contribution is 4.95. The van der Waals surface area contributed by atoms with Crippen molar-refractivity contribution in [1.82, 2.24) is 10.2 Å². The van der Waals surface area contributed by atoms with E-state index in [4.69, 9.17) is 4.74 Å². The molecule has 0 aromatic heterocycles. The highest BCUT2D eigenvalue weighted by atomic mass is 16.5. The molecule has 2 unspecified atom stereocenters. The Labute approximate surface area is 106 Å². The van der Waals surface area contributed by atoms with Crippen molar-refractivity contribution in [1.29, 1.82) is 0 Å². The summed E-state index contributed by atoms with van der Waals surface area (Å²) in [6, 6.07) is 0.593. The molecule has 2 rings (SSSR count). The van der Waals surface area contributed by atoms with Crippen LogP contribution in [0.25, 0.3) is 0 Å². The van der Waals surface area contributed by atoms with Crippen LogP contribution in [-0.4, -0.2) is 50.3 Å².